The summed E-state index contributed by atoms with van der Waals surface area (Å²) in [6.45, 7) is 4.42. The summed E-state index contributed by atoms with van der Waals surface area (Å²) in [5, 5.41) is 3.65. The lowest BCUT2D eigenvalue weighted by Crippen LogP contribution is -2.36. The van der Waals surface area contributed by atoms with Crippen LogP contribution >= 0.6 is 0 Å². The van der Waals surface area contributed by atoms with Crippen molar-refractivity contribution >= 4 is 0 Å². The molecule has 2 heteroatoms. The molecule has 2 rings (SSSR count). The van der Waals surface area contributed by atoms with Gasteiger partial charge >= 0.3 is 0 Å². The SMILES string of the molecule is C[C@@H]1CCC[C@@H]1NC[C@@H]1CCCO1. The van der Waals surface area contributed by atoms with E-state index in [1.165, 1.54) is 32.1 Å². The highest BCUT2D eigenvalue weighted by Crippen LogP contribution is 2.25. The van der Waals surface area contributed by atoms with Crippen molar-refractivity contribution < 1.29 is 4.74 Å². The third-order valence-corrected chi connectivity index (χ3v) is 3.49. The summed E-state index contributed by atoms with van der Waals surface area (Å²) < 4.78 is 5.59. The van der Waals surface area contributed by atoms with Gasteiger partial charge in [-0.25, -0.2) is 0 Å². The van der Waals surface area contributed by atoms with Crippen LogP contribution in [0.2, 0.25) is 0 Å². The van der Waals surface area contributed by atoms with E-state index in [1.807, 2.05) is 0 Å². The van der Waals surface area contributed by atoms with E-state index < -0.39 is 0 Å². The zero-order valence-corrected chi connectivity index (χ0v) is 8.59. The average molecular weight is 183 g/mol. The molecule has 3 atom stereocenters. The van der Waals surface area contributed by atoms with Gasteiger partial charge in [0.25, 0.3) is 0 Å². The maximum absolute atomic E-state index is 5.59. The Bertz CT molecular complexity index is 154. The van der Waals surface area contributed by atoms with Gasteiger partial charge in [0.2, 0.25) is 0 Å². The molecule has 1 aliphatic heterocycles. The molecule has 1 saturated heterocycles. The van der Waals surface area contributed by atoms with Crippen LogP contribution in [-0.2, 0) is 4.74 Å². The first kappa shape index (κ1) is 9.47. The molecule has 76 valence electrons. The number of hydrogen-bond acceptors (Lipinski definition) is 2. The fourth-order valence-electron chi connectivity index (χ4n) is 2.54. The van der Waals surface area contributed by atoms with Crippen LogP contribution in [0.1, 0.15) is 39.0 Å². The van der Waals surface area contributed by atoms with E-state index in [0.717, 1.165) is 25.1 Å². The van der Waals surface area contributed by atoms with Gasteiger partial charge in [0.15, 0.2) is 0 Å². The molecule has 1 heterocycles. The van der Waals surface area contributed by atoms with E-state index in [4.69, 9.17) is 4.74 Å². The summed E-state index contributed by atoms with van der Waals surface area (Å²) in [6, 6.07) is 0.768. The van der Waals surface area contributed by atoms with Crippen molar-refractivity contribution in [2.24, 2.45) is 5.92 Å². The predicted octanol–water partition coefficient (Wildman–Crippen LogP) is 1.94. The number of rotatable bonds is 3. The predicted molar refractivity (Wildman–Crippen MR) is 53.8 cm³/mol. The van der Waals surface area contributed by atoms with Crippen molar-refractivity contribution in [3.63, 3.8) is 0 Å². The molecule has 2 nitrogen and oxygen atoms in total. The molecule has 1 aliphatic carbocycles. The number of ether oxygens (including phenoxy) is 1. The second kappa shape index (κ2) is 4.43. The van der Waals surface area contributed by atoms with Crippen LogP contribution in [0.5, 0.6) is 0 Å². The highest BCUT2D eigenvalue weighted by atomic mass is 16.5. The summed E-state index contributed by atoms with van der Waals surface area (Å²) in [5.74, 6) is 0.876. The molecule has 1 saturated carbocycles. The summed E-state index contributed by atoms with van der Waals surface area (Å²) in [6.07, 6.45) is 7.20. The Balaban J connectivity index is 1.66. The van der Waals surface area contributed by atoms with Gasteiger partial charge < -0.3 is 10.1 Å². The van der Waals surface area contributed by atoms with Gasteiger partial charge in [0, 0.05) is 19.2 Å². The van der Waals surface area contributed by atoms with E-state index in [-0.39, 0.29) is 0 Å². The van der Waals surface area contributed by atoms with E-state index in [0.29, 0.717) is 6.10 Å². The molecule has 0 aromatic rings. The number of hydrogen-bond donors (Lipinski definition) is 1. The van der Waals surface area contributed by atoms with Gasteiger partial charge in [0.05, 0.1) is 6.10 Å². The molecule has 13 heavy (non-hydrogen) atoms. The van der Waals surface area contributed by atoms with Crippen molar-refractivity contribution in [2.75, 3.05) is 13.2 Å². The molecule has 0 amide bonds. The fourth-order valence-corrected chi connectivity index (χ4v) is 2.54. The Labute approximate surface area is 81.0 Å². The normalized spacial score (nSPS) is 39.9. The summed E-state index contributed by atoms with van der Waals surface area (Å²) in [5.41, 5.74) is 0. The molecule has 0 aromatic carbocycles. The summed E-state index contributed by atoms with van der Waals surface area (Å²) in [7, 11) is 0. The van der Waals surface area contributed by atoms with Crippen molar-refractivity contribution in [1.82, 2.24) is 5.32 Å². The van der Waals surface area contributed by atoms with Crippen LogP contribution in [0.3, 0.4) is 0 Å². The minimum Gasteiger partial charge on any atom is -0.377 e. The number of nitrogens with one attached hydrogen (secondary N) is 1. The second-order valence-corrected chi connectivity index (χ2v) is 4.56. The quantitative estimate of drug-likeness (QED) is 0.722. The minimum atomic E-state index is 0.507. The van der Waals surface area contributed by atoms with Crippen LogP contribution in [0.25, 0.3) is 0 Å². The fraction of sp³-hybridized carbons (Fsp3) is 1.00. The van der Waals surface area contributed by atoms with Gasteiger partial charge in [-0.1, -0.05) is 13.3 Å². The first-order valence-corrected chi connectivity index (χ1v) is 5.71. The Morgan fingerprint density at radius 1 is 1.23 bits per heavy atom. The second-order valence-electron chi connectivity index (χ2n) is 4.56. The molecule has 2 aliphatic rings. The molecule has 1 N–H and O–H groups in total. The van der Waals surface area contributed by atoms with Crippen molar-refractivity contribution in [2.45, 2.75) is 51.2 Å². The summed E-state index contributed by atoms with van der Waals surface area (Å²) in [4.78, 5) is 0. The van der Waals surface area contributed by atoms with E-state index in [2.05, 4.69) is 12.2 Å². The molecule has 0 bridgehead atoms. The largest absolute Gasteiger partial charge is 0.377 e. The first-order valence-electron chi connectivity index (χ1n) is 5.71. The van der Waals surface area contributed by atoms with Crippen molar-refractivity contribution in [3.8, 4) is 0 Å². The molecule has 0 unspecified atom stereocenters. The Morgan fingerprint density at radius 3 is 2.77 bits per heavy atom. The Morgan fingerprint density at radius 2 is 2.15 bits per heavy atom. The third-order valence-electron chi connectivity index (χ3n) is 3.49. The maximum Gasteiger partial charge on any atom is 0.0700 e. The van der Waals surface area contributed by atoms with Gasteiger partial charge in [-0.05, 0) is 31.6 Å². The van der Waals surface area contributed by atoms with Crippen LogP contribution in [0.4, 0.5) is 0 Å². The lowest BCUT2D eigenvalue weighted by atomic mass is 10.1. The average Bonchev–Trinajstić information content (AvgIpc) is 2.72. The molecule has 0 spiro atoms. The van der Waals surface area contributed by atoms with Crippen LogP contribution < -0.4 is 5.32 Å². The maximum atomic E-state index is 5.59. The van der Waals surface area contributed by atoms with Gasteiger partial charge in [-0.15, -0.1) is 0 Å². The highest BCUT2D eigenvalue weighted by Gasteiger charge is 2.24. The van der Waals surface area contributed by atoms with Gasteiger partial charge in [0.1, 0.15) is 0 Å². The van der Waals surface area contributed by atoms with Gasteiger partial charge in [-0.2, -0.15) is 0 Å². The highest BCUT2D eigenvalue weighted by molar-refractivity contribution is 4.81. The Kier molecular flexibility index (Phi) is 3.23. The monoisotopic (exact) mass is 183 g/mol. The minimum absolute atomic E-state index is 0.507. The molecule has 2 fully saturated rings. The van der Waals surface area contributed by atoms with Crippen LogP contribution in [0, 0.1) is 5.92 Å². The van der Waals surface area contributed by atoms with Crippen molar-refractivity contribution in [3.05, 3.63) is 0 Å². The van der Waals surface area contributed by atoms with E-state index in [1.54, 1.807) is 0 Å². The van der Waals surface area contributed by atoms with Gasteiger partial charge in [-0.3, -0.25) is 0 Å². The molecule has 0 radical (unpaired) electrons. The zero-order chi connectivity index (χ0) is 9.10. The molecule has 0 aromatic heterocycles. The smallest absolute Gasteiger partial charge is 0.0700 e. The van der Waals surface area contributed by atoms with Crippen LogP contribution in [-0.4, -0.2) is 25.3 Å². The molecular formula is C11H21NO. The lowest BCUT2D eigenvalue weighted by Gasteiger charge is -2.19. The third kappa shape index (κ3) is 2.44. The molecular weight excluding hydrogens is 162 g/mol. The van der Waals surface area contributed by atoms with E-state index >= 15 is 0 Å². The van der Waals surface area contributed by atoms with Crippen molar-refractivity contribution in [1.29, 1.82) is 0 Å². The Hall–Kier alpha value is -0.0800. The lowest BCUT2D eigenvalue weighted by molar-refractivity contribution is 0.106. The van der Waals surface area contributed by atoms with E-state index in [9.17, 15) is 0 Å². The standard InChI is InChI=1S/C11H21NO/c1-9-4-2-6-11(9)12-8-10-5-3-7-13-10/h9-12H,2-8H2,1H3/t9-,10+,11+/m1/s1. The topological polar surface area (TPSA) is 21.3 Å². The van der Waals surface area contributed by atoms with Crippen LogP contribution in [0.15, 0.2) is 0 Å². The zero-order valence-electron chi connectivity index (χ0n) is 8.59. The first-order chi connectivity index (χ1) is 6.36. The summed E-state index contributed by atoms with van der Waals surface area (Å²) >= 11 is 0.